The van der Waals surface area contributed by atoms with Crippen molar-refractivity contribution in [1.29, 1.82) is 0 Å². The van der Waals surface area contributed by atoms with E-state index in [1.165, 1.54) is 11.3 Å². The van der Waals surface area contributed by atoms with Crippen LogP contribution in [0.3, 0.4) is 0 Å². The molecule has 0 aliphatic rings. The number of carbonyl (C=O) groups is 1. The Morgan fingerprint density at radius 1 is 1.58 bits per heavy atom. The van der Waals surface area contributed by atoms with Gasteiger partial charge in [-0.05, 0) is 13.0 Å². The molecule has 0 fully saturated rings. The molecule has 0 aromatic carbocycles. The number of aliphatic carboxylic acids is 1. The van der Waals surface area contributed by atoms with Crippen LogP contribution in [-0.4, -0.2) is 26.0 Å². The number of carboxylic acids is 1. The highest BCUT2D eigenvalue weighted by atomic mass is 32.1. The molecule has 0 aliphatic heterocycles. The SMILES string of the molecule is Cc1nccc(CNc2nc(C(N)C(=O)O)cs2)n1. The van der Waals surface area contributed by atoms with Crippen LogP contribution in [0.4, 0.5) is 5.13 Å². The Labute approximate surface area is 113 Å². The molecule has 0 aliphatic carbocycles. The highest BCUT2D eigenvalue weighted by Gasteiger charge is 2.17. The van der Waals surface area contributed by atoms with Crippen LogP contribution >= 0.6 is 11.3 Å². The summed E-state index contributed by atoms with van der Waals surface area (Å²) in [5.41, 5.74) is 6.66. The fraction of sp³-hybridized carbons (Fsp3) is 0.273. The predicted molar refractivity (Wildman–Crippen MR) is 70.8 cm³/mol. The number of hydrogen-bond acceptors (Lipinski definition) is 7. The molecule has 0 saturated carbocycles. The molecule has 19 heavy (non-hydrogen) atoms. The summed E-state index contributed by atoms with van der Waals surface area (Å²) in [6, 6.07) is 0.713. The van der Waals surface area contributed by atoms with Gasteiger partial charge in [0.2, 0.25) is 0 Å². The first kappa shape index (κ1) is 13.4. The first-order chi connectivity index (χ1) is 9.06. The van der Waals surface area contributed by atoms with Crippen LogP contribution < -0.4 is 11.1 Å². The van der Waals surface area contributed by atoms with E-state index >= 15 is 0 Å². The van der Waals surface area contributed by atoms with E-state index in [9.17, 15) is 4.79 Å². The fourth-order valence-corrected chi connectivity index (χ4v) is 2.15. The average molecular weight is 279 g/mol. The predicted octanol–water partition coefficient (Wildman–Crippen LogP) is 0.938. The van der Waals surface area contributed by atoms with Gasteiger partial charge in [-0.3, -0.25) is 4.79 Å². The molecule has 100 valence electrons. The molecule has 2 aromatic rings. The van der Waals surface area contributed by atoms with Gasteiger partial charge in [-0.2, -0.15) is 0 Å². The van der Waals surface area contributed by atoms with E-state index in [1.54, 1.807) is 17.6 Å². The number of nitrogens with one attached hydrogen (secondary N) is 1. The molecule has 2 aromatic heterocycles. The number of carboxylic acid groups (broad SMARTS) is 1. The maximum atomic E-state index is 10.7. The lowest BCUT2D eigenvalue weighted by Gasteiger charge is -2.03. The Morgan fingerprint density at radius 2 is 2.37 bits per heavy atom. The number of thiazole rings is 1. The molecular weight excluding hydrogens is 266 g/mol. The van der Waals surface area contributed by atoms with Crippen molar-refractivity contribution in [3.05, 3.63) is 34.9 Å². The smallest absolute Gasteiger partial charge is 0.326 e. The quantitative estimate of drug-likeness (QED) is 0.746. The van der Waals surface area contributed by atoms with Gasteiger partial charge < -0.3 is 16.2 Å². The van der Waals surface area contributed by atoms with Crippen molar-refractivity contribution in [3.63, 3.8) is 0 Å². The van der Waals surface area contributed by atoms with Crippen LogP contribution in [0, 0.1) is 6.92 Å². The van der Waals surface area contributed by atoms with Crippen molar-refractivity contribution in [3.8, 4) is 0 Å². The molecule has 1 atom stereocenters. The molecule has 4 N–H and O–H groups in total. The lowest BCUT2D eigenvalue weighted by molar-refractivity contribution is -0.138. The van der Waals surface area contributed by atoms with Gasteiger partial charge in [0.05, 0.1) is 17.9 Å². The lowest BCUT2D eigenvalue weighted by Crippen LogP contribution is -2.20. The first-order valence-electron chi connectivity index (χ1n) is 5.52. The number of nitrogens with two attached hydrogens (primary N) is 1. The van der Waals surface area contributed by atoms with Gasteiger partial charge in [0.25, 0.3) is 0 Å². The minimum atomic E-state index is -1.09. The Hall–Kier alpha value is -2.06. The summed E-state index contributed by atoms with van der Waals surface area (Å²) in [4.78, 5) is 23.1. The molecule has 2 rings (SSSR count). The second kappa shape index (κ2) is 5.72. The molecule has 0 saturated heterocycles. The van der Waals surface area contributed by atoms with Crippen LogP contribution in [0.15, 0.2) is 17.6 Å². The summed E-state index contributed by atoms with van der Waals surface area (Å²) >= 11 is 1.31. The van der Waals surface area contributed by atoms with Gasteiger partial charge in [0.15, 0.2) is 5.13 Å². The number of hydrogen-bond donors (Lipinski definition) is 3. The number of anilines is 1. The number of aryl methyl sites for hydroxylation is 1. The maximum absolute atomic E-state index is 10.7. The van der Waals surface area contributed by atoms with E-state index in [2.05, 4.69) is 20.3 Å². The molecule has 8 heteroatoms. The normalized spacial score (nSPS) is 12.1. The van der Waals surface area contributed by atoms with Gasteiger partial charge in [0.1, 0.15) is 11.9 Å². The van der Waals surface area contributed by atoms with Gasteiger partial charge >= 0.3 is 5.97 Å². The zero-order valence-corrected chi connectivity index (χ0v) is 11.0. The lowest BCUT2D eigenvalue weighted by atomic mass is 10.2. The van der Waals surface area contributed by atoms with Crippen molar-refractivity contribution >= 4 is 22.4 Å². The Balaban J connectivity index is 1.99. The third kappa shape index (κ3) is 3.46. The summed E-state index contributed by atoms with van der Waals surface area (Å²) in [6.07, 6.45) is 1.69. The largest absolute Gasteiger partial charge is 0.480 e. The van der Waals surface area contributed by atoms with Crippen molar-refractivity contribution in [2.45, 2.75) is 19.5 Å². The second-order valence-corrected chi connectivity index (χ2v) is 4.70. The molecule has 2 heterocycles. The van der Waals surface area contributed by atoms with E-state index in [-0.39, 0.29) is 0 Å². The number of rotatable bonds is 5. The summed E-state index contributed by atoms with van der Waals surface area (Å²) in [5, 5.41) is 14.1. The molecule has 0 radical (unpaired) electrons. The van der Waals surface area contributed by atoms with Crippen LogP contribution in [0.2, 0.25) is 0 Å². The third-order valence-electron chi connectivity index (χ3n) is 2.36. The third-order valence-corrected chi connectivity index (χ3v) is 3.18. The monoisotopic (exact) mass is 279 g/mol. The van der Waals surface area contributed by atoms with Crippen LogP contribution in [0.25, 0.3) is 0 Å². The van der Waals surface area contributed by atoms with E-state index < -0.39 is 12.0 Å². The summed E-state index contributed by atoms with van der Waals surface area (Å²) < 4.78 is 0. The number of nitrogens with zero attached hydrogens (tertiary/aromatic N) is 3. The zero-order chi connectivity index (χ0) is 13.8. The topological polar surface area (TPSA) is 114 Å². The molecule has 7 nitrogen and oxygen atoms in total. The van der Waals surface area contributed by atoms with E-state index in [4.69, 9.17) is 10.8 Å². The van der Waals surface area contributed by atoms with Crippen LogP contribution in [-0.2, 0) is 11.3 Å². The minimum Gasteiger partial charge on any atom is -0.480 e. The highest BCUT2D eigenvalue weighted by molar-refractivity contribution is 7.13. The summed E-state index contributed by atoms with van der Waals surface area (Å²) in [7, 11) is 0. The van der Waals surface area contributed by atoms with Crippen molar-refractivity contribution in [2.24, 2.45) is 5.73 Å². The first-order valence-corrected chi connectivity index (χ1v) is 6.40. The van der Waals surface area contributed by atoms with E-state index in [1.807, 2.05) is 6.92 Å². The van der Waals surface area contributed by atoms with Crippen molar-refractivity contribution in [1.82, 2.24) is 15.0 Å². The molecule has 0 bridgehead atoms. The van der Waals surface area contributed by atoms with E-state index in [0.29, 0.717) is 23.2 Å². The van der Waals surface area contributed by atoms with Gasteiger partial charge in [-0.1, -0.05) is 0 Å². The van der Waals surface area contributed by atoms with E-state index in [0.717, 1.165) is 5.69 Å². The maximum Gasteiger partial charge on any atom is 0.326 e. The zero-order valence-electron chi connectivity index (χ0n) is 10.2. The van der Waals surface area contributed by atoms with Gasteiger partial charge in [-0.25, -0.2) is 15.0 Å². The Kier molecular flexibility index (Phi) is 4.03. The molecule has 0 amide bonds. The molecular formula is C11H13N5O2S. The standard InChI is InChI=1S/C11H13N5O2S/c1-6-13-3-2-7(15-6)4-14-11-16-8(5-19-11)9(12)10(17)18/h2-3,5,9H,4,12H2,1H3,(H,14,16)(H,17,18). The minimum absolute atomic E-state index is 0.346. The Morgan fingerprint density at radius 3 is 3.05 bits per heavy atom. The van der Waals surface area contributed by atoms with Gasteiger partial charge in [0, 0.05) is 11.6 Å². The Bertz CT molecular complexity index is 586. The molecule has 1 unspecified atom stereocenters. The fourth-order valence-electron chi connectivity index (χ4n) is 1.41. The van der Waals surface area contributed by atoms with Crippen molar-refractivity contribution < 1.29 is 9.90 Å². The summed E-state index contributed by atoms with van der Waals surface area (Å²) in [6.45, 7) is 2.31. The van der Waals surface area contributed by atoms with Gasteiger partial charge in [-0.15, -0.1) is 11.3 Å². The van der Waals surface area contributed by atoms with Crippen molar-refractivity contribution in [2.75, 3.05) is 5.32 Å². The summed E-state index contributed by atoms with van der Waals surface area (Å²) in [5.74, 6) is -0.393. The number of aromatic nitrogens is 3. The van der Waals surface area contributed by atoms with Crippen LogP contribution in [0.1, 0.15) is 23.3 Å². The van der Waals surface area contributed by atoms with Crippen LogP contribution in [0.5, 0.6) is 0 Å². The molecule has 0 spiro atoms. The highest BCUT2D eigenvalue weighted by Crippen LogP contribution is 2.20. The average Bonchev–Trinajstić information content (AvgIpc) is 2.84. The second-order valence-electron chi connectivity index (χ2n) is 3.84.